The van der Waals surface area contributed by atoms with Gasteiger partial charge in [-0.05, 0) is 24.3 Å². The molecule has 1 aromatic rings. The van der Waals surface area contributed by atoms with E-state index in [-0.39, 0.29) is 0 Å². The Kier molecular flexibility index (Phi) is 4.08. The van der Waals surface area contributed by atoms with Crippen LogP contribution in [-0.4, -0.2) is 0 Å². The van der Waals surface area contributed by atoms with Crippen LogP contribution in [0.25, 0.3) is 0 Å². The molecule has 0 radical (unpaired) electrons. The Morgan fingerprint density at radius 1 is 1.36 bits per heavy atom. The Hall–Kier alpha value is -1.41. The van der Waals surface area contributed by atoms with Gasteiger partial charge in [0.2, 0.25) is 0 Å². The summed E-state index contributed by atoms with van der Waals surface area (Å²) in [5.41, 5.74) is 6.45. The van der Waals surface area contributed by atoms with E-state index >= 15 is 0 Å². The maximum Gasteiger partial charge on any atom is 0.0325 e. The molecule has 0 saturated carbocycles. The first kappa shape index (κ1) is 10.7. The highest BCUT2D eigenvalue weighted by molar-refractivity contribution is 8.03. The van der Waals surface area contributed by atoms with Crippen molar-refractivity contribution in [3.05, 3.63) is 60.6 Å². The van der Waals surface area contributed by atoms with Crippen molar-refractivity contribution in [2.45, 2.75) is 4.90 Å². The molecule has 2 N–H and O–H groups in total. The number of hydrogen-bond donors (Lipinski definition) is 1. The van der Waals surface area contributed by atoms with Gasteiger partial charge in [0, 0.05) is 15.5 Å². The molecule has 0 aliphatic carbocycles. The van der Waals surface area contributed by atoms with E-state index in [9.17, 15) is 0 Å². The lowest BCUT2D eigenvalue weighted by Gasteiger charge is -2.02. The molecule has 0 bridgehead atoms. The van der Waals surface area contributed by atoms with Crippen LogP contribution in [0.5, 0.6) is 0 Å². The molecule has 0 aromatic heterocycles. The molecular formula is C12H13NS. The maximum atomic E-state index is 5.67. The summed E-state index contributed by atoms with van der Waals surface area (Å²) in [4.78, 5) is 2.17. The highest BCUT2D eigenvalue weighted by atomic mass is 32.2. The van der Waals surface area contributed by atoms with Gasteiger partial charge in [0.05, 0.1) is 0 Å². The number of allylic oxidation sites excluding steroid dienone is 3. The molecule has 0 aliphatic rings. The first-order chi connectivity index (χ1) is 6.76. The summed E-state index contributed by atoms with van der Waals surface area (Å²) >= 11 is 1.62. The van der Waals surface area contributed by atoms with Crippen LogP contribution in [0.3, 0.4) is 0 Å². The van der Waals surface area contributed by atoms with Crippen LogP contribution in [-0.2, 0) is 0 Å². The van der Waals surface area contributed by atoms with Gasteiger partial charge >= 0.3 is 0 Å². The molecule has 1 rings (SSSR count). The Morgan fingerprint density at radius 2 is 2.14 bits per heavy atom. The van der Waals surface area contributed by atoms with Gasteiger partial charge in [-0.25, -0.2) is 0 Å². The summed E-state index contributed by atoms with van der Waals surface area (Å²) < 4.78 is 0. The SMILES string of the molecule is C=C/C=C(\C=C)Sc1cccc(N)c1. The van der Waals surface area contributed by atoms with E-state index < -0.39 is 0 Å². The largest absolute Gasteiger partial charge is 0.399 e. The Morgan fingerprint density at radius 3 is 2.71 bits per heavy atom. The molecule has 2 heteroatoms. The molecule has 72 valence electrons. The summed E-state index contributed by atoms with van der Waals surface area (Å²) in [6.07, 6.45) is 5.46. The molecule has 0 saturated heterocycles. The highest BCUT2D eigenvalue weighted by Crippen LogP contribution is 2.28. The van der Waals surface area contributed by atoms with Crippen molar-refractivity contribution >= 4 is 17.4 Å². The highest BCUT2D eigenvalue weighted by Gasteiger charge is 1.96. The second-order valence-corrected chi connectivity index (χ2v) is 3.83. The van der Waals surface area contributed by atoms with E-state index in [4.69, 9.17) is 5.73 Å². The van der Waals surface area contributed by atoms with Gasteiger partial charge in [0.1, 0.15) is 0 Å². The molecular weight excluding hydrogens is 190 g/mol. The fourth-order valence-electron chi connectivity index (χ4n) is 0.974. The van der Waals surface area contributed by atoms with Crippen molar-refractivity contribution < 1.29 is 0 Å². The van der Waals surface area contributed by atoms with Crippen molar-refractivity contribution in [3.63, 3.8) is 0 Å². The van der Waals surface area contributed by atoms with E-state index in [1.54, 1.807) is 23.9 Å². The Labute approximate surface area is 89.0 Å². The number of benzene rings is 1. The van der Waals surface area contributed by atoms with Crippen LogP contribution in [0.15, 0.2) is 65.5 Å². The van der Waals surface area contributed by atoms with E-state index in [1.165, 1.54) is 0 Å². The lowest BCUT2D eigenvalue weighted by Crippen LogP contribution is -1.83. The molecule has 0 heterocycles. The fourth-order valence-corrected chi connectivity index (χ4v) is 1.84. The molecule has 0 amide bonds. The molecule has 14 heavy (non-hydrogen) atoms. The zero-order chi connectivity index (χ0) is 10.4. The molecule has 0 spiro atoms. The first-order valence-electron chi connectivity index (χ1n) is 4.25. The van der Waals surface area contributed by atoms with Crippen molar-refractivity contribution in [3.8, 4) is 0 Å². The second kappa shape index (κ2) is 5.35. The maximum absolute atomic E-state index is 5.67. The Balaban J connectivity index is 2.82. The zero-order valence-electron chi connectivity index (χ0n) is 7.94. The van der Waals surface area contributed by atoms with Crippen molar-refractivity contribution in [1.29, 1.82) is 0 Å². The van der Waals surface area contributed by atoms with Gasteiger partial charge in [-0.1, -0.05) is 43.1 Å². The smallest absolute Gasteiger partial charge is 0.0325 e. The van der Waals surface area contributed by atoms with Crippen LogP contribution in [0.4, 0.5) is 5.69 Å². The topological polar surface area (TPSA) is 26.0 Å². The normalized spacial score (nSPS) is 11.0. The molecule has 0 fully saturated rings. The molecule has 0 unspecified atom stereocenters. The number of rotatable bonds is 4. The predicted molar refractivity (Wildman–Crippen MR) is 65.2 cm³/mol. The quantitative estimate of drug-likeness (QED) is 0.459. The summed E-state index contributed by atoms with van der Waals surface area (Å²) in [6.45, 7) is 7.38. The first-order valence-corrected chi connectivity index (χ1v) is 5.06. The van der Waals surface area contributed by atoms with Gasteiger partial charge in [-0.3, -0.25) is 0 Å². The third-order valence-corrected chi connectivity index (χ3v) is 2.61. The van der Waals surface area contributed by atoms with Gasteiger partial charge in [-0.2, -0.15) is 0 Å². The number of nitrogen functional groups attached to an aromatic ring is 1. The van der Waals surface area contributed by atoms with Gasteiger partial charge in [0.15, 0.2) is 0 Å². The van der Waals surface area contributed by atoms with Crippen LogP contribution < -0.4 is 5.73 Å². The van der Waals surface area contributed by atoms with Gasteiger partial charge in [-0.15, -0.1) is 0 Å². The minimum atomic E-state index is 0.775. The molecule has 1 aromatic carbocycles. The summed E-state index contributed by atoms with van der Waals surface area (Å²) in [5, 5.41) is 0. The molecule has 0 aliphatic heterocycles. The number of anilines is 1. The summed E-state index contributed by atoms with van der Waals surface area (Å²) in [7, 11) is 0. The summed E-state index contributed by atoms with van der Waals surface area (Å²) in [6, 6.07) is 7.76. The van der Waals surface area contributed by atoms with Crippen molar-refractivity contribution in [2.75, 3.05) is 5.73 Å². The van der Waals surface area contributed by atoms with Crippen LogP contribution in [0.2, 0.25) is 0 Å². The standard InChI is InChI=1S/C12H13NS/c1-3-6-11(4-2)14-12-8-5-7-10(13)9-12/h3-9H,1-2,13H2/b11-6+. The number of thioether (sulfide) groups is 1. The third kappa shape index (κ3) is 3.15. The van der Waals surface area contributed by atoms with Gasteiger partial charge < -0.3 is 5.73 Å². The van der Waals surface area contributed by atoms with E-state index in [1.807, 2.05) is 30.3 Å². The average molecular weight is 203 g/mol. The number of hydrogen-bond acceptors (Lipinski definition) is 2. The predicted octanol–water partition coefficient (Wildman–Crippen LogP) is 3.62. The van der Waals surface area contributed by atoms with Crippen LogP contribution >= 0.6 is 11.8 Å². The fraction of sp³-hybridized carbons (Fsp3) is 0. The Bertz CT molecular complexity index is 366. The minimum Gasteiger partial charge on any atom is -0.399 e. The van der Waals surface area contributed by atoms with Crippen molar-refractivity contribution in [1.82, 2.24) is 0 Å². The van der Waals surface area contributed by atoms with Crippen molar-refractivity contribution in [2.24, 2.45) is 0 Å². The molecule has 0 atom stereocenters. The van der Waals surface area contributed by atoms with Crippen LogP contribution in [0, 0.1) is 0 Å². The third-order valence-electron chi connectivity index (χ3n) is 1.58. The lowest BCUT2D eigenvalue weighted by atomic mass is 10.3. The average Bonchev–Trinajstić information content (AvgIpc) is 2.17. The second-order valence-electron chi connectivity index (χ2n) is 2.68. The summed E-state index contributed by atoms with van der Waals surface area (Å²) in [5.74, 6) is 0. The number of nitrogens with two attached hydrogens (primary N) is 1. The zero-order valence-corrected chi connectivity index (χ0v) is 8.76. The monoisotopic (exact) mass is 203 g/mol. The minimum absolute atomic E-state index is 0.775. The van der Waals surface area contributed by atoms with E-state index in [0.717, 1.165) is 15.5 Å². The molecule has 1 nitrogen and oxygen atoms in total. The van der Waals surface area contributed by atoms with E-state index in [0.29, 0.717) is 0 Å². The van der Waals surface area contributed by atoms with E-state index in [2.05, 4.69) is 13.2 Å². The van der Waals surface area contributed by atoms with Gasteiger partial charge in [0.25, 0.3) is 0 Å². The van der Waals surface area contributed by atoms with Crippen LogP contribution in [0.1, 0.15) is 0 Å². The lowest BCUT2D eigenvalue weighted by molar-refractivity contribution is 1.47.